The molecule has 0 atom stereocenters. The van der Waals surface area contributed by atoms with Gasteiger partial charge in [-0.3, -0.25) is 0 Å². The van der Waals surface area contributed by atoms with Gasteiger partial charge in [-0.2, -0.15) is 0 Å². The van der Waals surface area contributed by atoms with Gasteiger partial charge in [0.15, 0.2) is 0 Å². The van der Waals surface area contributed by atoms with E-state index in [9.17, 15) is 0 Å². The van der Waals surface area contributed by atoms with Crippen molar-refractivity contribution in [1.29, 1.82) is 0 Å². The van der Waals surface area contributed by atoms with Crippen molar-refractivity contribution >= 4 is 10.8 Å². The molecular formula is C11H8. The summed E-state index contributed by atoms with van der Waals surface area (Å²) >= 11 is 0. The molecular weight excluding hydrogens is 132 g/mol. The molecule has 0 spiro atoms. The van der Waals surface area contributed by atoms with Gasteiger partial charge in [0.25, 0.3) is 0 Å². The molecule has 2 rings (SSSR count). The average Bonchev–Trinajstić information content (AvgIpc) is 2.04. The largest absolute Gasteiger partial charge is 0.0610 e. The van der Waals surface area contributed by atoms with Crippen LogP contribution in [0.15, 0.2) is 30.3 Å². The molecule has 0 unspecified atom stereocenters. The molecule has 0 N–H and O–H groups in total. The Kier molecular flexibility index (Phi) is 1.39. The zero-order valence-corrected chi connectivity index (χ0v) is 6.39. The van der Waals surface area contributed by atoms with Crippen molar-refractivity contribution in [1.82, 2.24) is 0 Å². The van der Waals surface area contributed by atoms with Gasteiger partial charge in [0.05, 0.1) is 0 Å². The first-order valence-corrected chi connectivity index (χ1v) is 3.65. The molecule has 0 saturated heterocycles. The topological polar surface area (TPSA) is 0 Å². The second-order valence-electron chi connectivity index (χ2n) is 2.67. The molecule has 2 radical (unpaired) electrons. The standard InChI is InChI=1S/C11H8/c1-9-6-7-10-4-2-3-5-11(10)8-9/h2-4,6,8H,1H3. The lowest BCUT2D eigenvalue weighted by Gasteiger charge is -1.95. The van der Waals surface area contributed by atoms with E-state index < -0.39 is 0 Å². The first-order valence-electron chi connectivity index (χ1n) is 3.65. The molecule has 0 aromatic heterocycles. The van der Waals surface area contributed by atoms with Crippen LogP contribution in [0.1, 0.15) is 5.56 Å². The highest BCUT2D eigenvalue weighted by Gasteiger charge is 1.90. The number of fused-ring (bicyclic) bond motifs is 1. The van der Waals surface area contributed by atoms with E-state index in [1.165, 1.54) is 5.56 Å². The van der Waals surface area contributed by atoms with Gasteiger partial charge in [-0.25, -0.2) is 0 Å². The molecule has 0 saturated carbocycles. The predicted octanol–water partition coefficient (Wildman–Crippen LogP) is 2.75. The summed E-state index contributed by atoms with van der Waals surface area (Å²) in [4.78, 5) is 0. The molecule has 0 aliphatic heterocycles. The second kappa shape index (κ2) is 2.39. The van der Waals surface area contributed by atoms with E-state index in [4.69, 9.17) is 0 Å². The van der Waals surface area contributed by atoms with Crippen LogP contribution in [0.3, 0.4) is 0 Å². The number of hydrogen-bond acceptors (Lipinski definition) is 0. The molecule has 52 valence electrons. The van der Waals surface area contributed by atoms with Gasteiger partial charge >= 0.3 is 0 Å². The van der Waals surface area contributed by atoms with Crippen molar-refractivity contribution in [2.24, 2.45) is 0 Å². The third kappa shape index (κ3) is 1.12. The zero-order chi connectivity index (χ0) is 7.68. The van der Waals surface area contributed by atoms with Crippen molar-refractivity contribution < 1.29 is 0 Å². The lowest BCUT2D eigenvalue weighted by Crippen LogP contribution is -1.74. The number of rotatable bonds is 0. The molecule has 2 aromatic rings. The van der Waals surface area contributed by atoms with Crippen LogP contribution in [-0.2, 0) is 0 Å². The van der Waals surface area contributed by atoms with Gasteiger partial charge in [0.2, 0.25) is 0 Å². The Morgan fingerprint density at radius 1 is 1.18 bits per heavy atom. The highest BCUT2D eigenvalue weighted by Crippen LogP contribution is 2.13. The third-order valence-corrected chi connectivity index (χ3v) is 1.72. The molecule has 0 aliphatic rings. The average molecular weight is 140 g/mol. The Labute approximate surface area is 66.5 Å². The first kappa shape index (κ1) is 6.41. The van der Waals surface area contributed by atoms with Crippen LogP contribution in [-0.4, -0.2) is 0 Å². The Balaban J connectivity index is 2.83. The Morgan fingerprint density at radius 3 is 3.00 bits per heavy atom. The molecule has 0 heterocycles. The summed E-state index contributed by atoms with van der Waals surface area (Å²) in [6.45, 7) is 2.07. The van der Waals surface area contributed by atoms with Crippen LogP contribution >= 0.6 is 0 Å². The molecule has 0 amide bonds. The highest BCUT2D eigenvalue weighted by molar-refractivity contribution is 5.81. The SMILES string of the molecule is Cc1c[c]c2ccc[c]c2c1. The fraction of sp³-hybridized carbons (Fsp3) is 0.0909. The second-order valence-corrected chi connectivity index (χ2v) is 2.67. The smallest absolute Gasteiger partial charge is 0.00962 e. The van der Waals surface area contributed by atoms with Crippen molar-refractivity contribution in [3.63, 3.8) is 0 Å². The summed E-state index contributed by atoms with van der Waals surface area (Å²) in [6.07, 6.45) is 0. The Morgan fingerprint density at radius 2 is 2.09 bits per heavy atom. The predicted molar refractivity (Wildman–Crippen MR) is 46.4 cm³/mol. The maximum Gasteiger partial charge on any atom is -0.00962 e. The van der Waals surface area contributed by atoms with Gasteiger partial charge < -0.3 is 0 Å². The Bertz CT molecular complexity index is 374. The third-order valence-electron chi connectivity index (χ3n) is 1.72. The van der Waals surface area contributed by atoms with Crippen LogP contribution in [0.25, 0.3) is 10.8 Å². The molecule has 2 aromatic carbocycles. The molecule has 0 heteroatoms. The van der Waals surface area contributed by atoms with Crippen molar-refractivity contribution in [2.75, 3.05) is 0 Å². The quantitative estimate of drug-likeness (QED) is 0.527. The maximum absolute atomic E-state index is 3.19. The van der Waals surface area contributed by atoms with Crippen LogP contribution in [0.5, 0.6) is 0 Å². The number of benzene rings is 2. The molecule has 0 bridgehead atoms. The lowest BCUT2D eigenvalue weighted by atomic mass is 10.1. The van der Waals surface area contributed by atoms with Crippen LogP contribution in [0, 0.1) is 19.1 Å². The minimum Gasteiger partial charge on any atom is -0.0610 e. The van der Waals surface area contributed by atoms with Gasteiger partial charge in [-0.05, 0) is 35.4 Å². The van der Waals surface area contributed by atoms with Crippen LogP contribution < -0.4 is 0 Å². The lowest BCUT2D eigenvalue weighted by molar-refractivity contribution is 1.50. The van der Waals surface area contributed by atoms with E-state index in [1.807, 2.05) is 24.3 Å². The van der Waals surface area contributed by atoms with E-state index in [-0.39, 0.29) is 0 Å². The van der Waals surface area contributed by atoms with Crippen molar-refractivity contribution in [3.05, 3.63) is 48.0 Å². The summed E-state index contributed by atoms with van der Waals surface area (Å²) in [7, 11) is 0. The fourth-order valence-electron chi connectivity index (χ4n) is 1.16. The highest BCUT2D eigenvalue weighted by atomic mass is 13.9. The number of aryl methyl sites for hydroxylation is 1. The summed E-state index contributed by atoms with van der Waals surface area (Å²) in [5.41, 5.74) is 1.24. The van der Waals surface area contributed by atoms with Crippen LogP contribution in [0.2, 0.25) is 0 Å². The van der Waals surface area contributed by atoms with Gasteiger partial charge in [0, 0.05) is 0 Å². The first-order chi connectivity index (χ1) is 5.36. The van der Waals surface area contributed by atoms with Crippen LogP contribution in [0.4, 0.5) is 0 Å². The Hall–Kier alpha value is -1.30. The molecule has 0 fully saturated rings. The maximum atomic E-state index is 3.19. The van der Waals surface area contributed by atoms with E-state index in [0.717, 1.165) is 10.8 Å². The summed E-state index contributed by atoms with van der Waals surface area (Å²) in [6, 6.07) is 16.4. The van der Waals surface area contributed by atoms with Crippen molar-refractivity contribution in [3.8, 4) is 0 Å². The monoisotopic (exact) mass is 140 g/mol. The van der Waals surface area contributed by atoms with Gasteiger partial charge in [-0.1, -0.05) is 30.3 Å². The molecule has 0 aliphatic carbocycles. The molecule has 0 nitrogen and oxygen atoms in total. The summed E-state index contributed by atoms with van der Waals surface area (Å²) < 4.78 is 0. The normalized spacial score (nSPS) is 10.3. The zero-order valence-electron chi connectivity index (χ0n) is 6.39. The fourth-order valence-corrected chi connectivity index (χ4v) is 1.16. The van der Waals surface area contributed by atoms with Crippen molar-refractivity contribution in [2.45, 2.75) is 6.92 Å². The van der Waals surface area contributed by atoms with E-state index >= 15 is 0 Å². The van der Waals surface area contributed by atoms with E-state index in [0.29, 0.717) is 0 Å². The van der Waals surface area contributed by atoms with E-state index in [2.05, 4.69) is 25.1 Å². The number of hydrogen-bond donors (Lipinski definition) is 0. The van der Waals surface area contributed by atoms with Gasteiger partial charge in [0.1, 0.15) is 0 Å². The van der Waals surface area contributed by atoms with Gasteiger partial charge in [-0.15, -0.1) is 0 Å². The minimum absolute atomic E-state index is 1.14. The minimum atomic E-state index is 1.14. The summed E-state index contributed by atoms with van der Waals surface area (Å²) in [5, 5.41) is 2.28. The molecule has 11 heavy (non-hydrogen) atoms. The van der Waals surface area contributed by atoms with E-state index in [1.54, 1.807) is 0 Å². The summed E-state index contributed by atoms with van der Waals surface area (Å²) in [5.74, 6) is 0.